The first kappa shape index (κ1) is 63.1. The summed E-state index contributed by atoms with van der Waals surface area (Å²) in [6.45, 7) is 14.9. The molecule has 8 saturated heterocycles. The number of aliphatic carboxylic acids is 1. The summed E-state index contributed by atoms with van der Waals surface area (Å²) in [7, 11) is 0. The van der Waals surface area contributed by atoms with Gasteiger partial charge in [0, 0.05) is 75.0 Å². The Morgan fingerprint density at radius 2 is 1.72 bits per heavy atom. The van der Waals surface area contributed by atoms with Crippen molar-refractivity contribution in [3.8, 4) is 0 Å². The lowest BCUT2D eigenvalue weighted by molar-refractivity contribution is -0.408. The van der Waals surface area contributed by atoms with Crippen LogP contribution in [0.15, 0.2) is 36.0 Å². The summed E-state index contributed by atoms with van der Waals surface area (Å²) in [4.78, 5) is 49.6. The summed E-state index contributed by atoms with van der Waals surface area (Å²) in [5.41, 5.74) is -1.01. The minimum Gasteiger partial charge on any atom is -0.479 e. The summed E-state index contributed by atoms with van der Waals surface area (Å²) >= 11 is 1.87. The van der Waals surface area contributed by atoms with Crippen LogP contribution in [-0.2, 0) is 47.5 Å². The fraction of sp³-hybridized carbons (Fsp3) is 0.833. The van der Waals surface area contributed by atoms with Gasteiger partial charge in [0.2, 0.25) is 5.91 Å². The number of unbranched alkanes of at least 4 members (excludes halogenated alkanes) is 3. The standard InChI is InChI=1S/C60H94N4O17S/c1-35-30-45(36(2)16-17-40-19-24-58(76-40)25-21-44-52(80-58)49(67)39(5)51(75-44)43(65)31-38(4)50-37(3)18-23-57(79-50)22-10-13-29-74-57)78-60(32-35)59(73,26-20-41(77-60)33-56(6,72)53(68)69)81-55(71)62-28-12-7-11-27-61-47(66)15-9-8-14-46-48-42(34-82-46)63-54(70)64-48/h16-17,32,36-38,40-46,48-52,65,67,72-73H,5,7-15,18-31,33-34H2,1-4,6H3,(H,61,66)(H,62,71)(H,68,69)(H2,63,64,70)/t36-,37-,38+,40+,41+,42+,43+,44-,45+,46+,48+,49-,50+,51+,52-,56-,57+,58-,59+,60-/m1/s1. The molecule has 0 aromatic heterocycles. The van der Waals surface area contributed by atoms with E-state index in [4.69, 9.17) is 37.9 Å². The third-order valence-electron chi connectivity index (χ3n) is 18.9. The molecule has 22 heteroatoms. The Labute approximate surface area is 487 Å². The van der Waals surface area contributed by atoms with Crippen molar-refractivity contribution >= 4 is 35.8 Å². The number of ether oxygens (including phenoxy) is 8. The van der Waals surface area contributed by atoms with E-state index in [1.807, 2.05) is 37.8 Å². The number of hydrogen-bond donors (Lipinski definition) is 9. The van der Waals surface area contributed by atoms with Crippen molar-refractivity contribution in [1.82, 2.24) is 21.3 Å². The molecule has 21 nitrogen and oxygen atoms in total. The Morgan fingerprint density at radius 3 is 2.49 bits per heavy atom. The number of amides is 4. The van der Waals surface area contributed by atoms with E-state index >= 15 is 0 Å². The number of urea groups is 1. The third kappa shape index (κ3) is 14.7. The zero-order chi connectivity index (χ0) is 58.6. The van der Waals surface area contributed by atoms with Gasteiger partial charge in [0.25, 0.3) is 11.6 Å². The maximum absolute atomic E-state index is 13.5. The van der Waals surface area contributed by atoms with Gasteiger partial charge in [0.15, 0.2) is 17.2 Å². The largest absolute Gasteiger partial charge is 0.479 e. The summed E-state index contributed by atoms with van der Waals surface area (Å²) in [6.07, 6.45) is 11.3. The summed E-state index contributed by atoms with van der Waals surface area (Å²) in [6, 6.07) is 0.243. The molecule has 0 unspecified atom stereocenters. The van der Waals surface area contributed by atoms with Crippen LogP contribution in [-0.4, -0.2) is 176 Å². The van der Waals surface area contributed by atoms with E-state index in [2.05, 4.69) is 41.7 Å². The molecular formula is C60H94N4O17S. The molecule has 20 atom stereocenters. The number of alkyl carbamates (subject to hydrolysis) is 1. The fourth-order valence-electron chi connectivity index (χ4n) is 14.1. The molecule has 9 aliphatic rings. The predicted octanol–water partition coefficient (Wildman–Crippen LogP) is 6.28. The average Bonchev–Trinajstić information content (AvgIpc) is 4.23. The highest BCUT2D eigenvalue weighted by atomic mass is 32.2. The second kappa shape index (κ2) is 26.7. The number of carboxylic acids is 1. The lowest BCUT2D eigenvalue weighted by Crippen LogP contribution is -2.66. The van der Waals surface area contributed by atoms with E-state index in [0.29, 0.717) is 94.1 Å². The first-order valence-electron chi connectivity index (χ1n) is 30.7. The van der Waals surface area contributed by atoms with Crippen molar-refractivity contribution in [3.05, 3.63) is 36.0 Å². The third-order valence-corrected chi connectivity index (χ3v) is 20.4. The number of aliphatic hydroxyl groups is 4. The molecule has 9 aliphatic heterocycles. The van der Waals surface area contributed by atoms with E-state index in [0.717, 1.165) is 62.7 Å². The second-order valence-corrected chi connectivity index (χ2v) is 26.9. The Bertz CT molecular complexity index is 2320. The van der Waals surface area contributed by atoms with Gasteiger partial charge >= 0.3 is 18.1 Å². The number of fused-ring (bicyclic) bond motifs is 2. The van der Waals surface area contributed by atoms with Crippen LogP contribution in [0.1, 0.15) is 169 Å². The highest BCUT2D eigenvalue weighted by Crippen LogP contribution is 2.50. The fourth-order valence-corrected chi connectivity index (χ4v) is 15.6. The number of carbonyl (C=O) groups excluding carboxylic acids is 3. The van der Waals surface area contributed by atoms with Gasteiger partial charge in [-0.2, -0.15) is 11.8 Å². The molecule has 82 heavy (non-hydrogen) atoms. The maximum Gasteiger partial charge on any atom is 0.409 e. The van der Waals surface area contributed by atoms with Crippen LogP contribution < -0.4 is 21.3 Å². The quantitative estimate of drug-likeness (QED) is 0.0249. The SMILES string of the molecule is C=C1[C@@H](O)[C@@H]2O[C@]3(CC[C@H](C=C[C@@H](C)[C@@H]4CC(C)=C[C@@]5(O[C@H](C[C@@](C)(O)C(=O)O)CC[C@]5(O)OC(=O)NCCCCCNC(=O)CCCC[C@@H]5SC[C@@H]6NC(=O)N[C@@H]65)O4)O3)CC[C@H]2O[C@@H]1[C@@H](O)C[C@H](C)[C@H]1O[C@@]2(CCCCO2)CC[C@H]1C. The molecule has 8 fully saturated rings. The predicted molar refractivity (Wildman–Crippen MR) is 302 cm³/mol. The zero-order valence-corrected chi connectivity index (χ0v) is 49.6. The van der Waals surface area contributed by atoms with Crippen molar-refractivity contribution < 1.29 is 82.6 Å². The number of rotatable bonds is 22. The topological polar surface area (TPSA) is 291 Å². The van der Waals surface area contributed by atoms with E-state index in [1.165, 1.54) is 6.92 Å². The van der Waals surface area contributed by atoms with Crippen molar-refractivity contribution in [3.63, 3.8) is 0 Å². The molecule has 0 aromatic rings. The van der Waals surface area contributed by atoms with Gasteiger partial charge in [-0.1, -0.05) is 51.5 Å². The molecule has 0 radical (unpaired) electrons. The van der Waals surface area contributed by atoms with E-state index in [-0.39, 0.29) is 73.9 Å². The minimum atomic E-state index is -2.35. The molecule has 3 spiro atoms. The molecule has 9 rings (SSSR count). The van der Waals surface area contributed by atoms with Gasteiger partial charge in [-0.15, -0.1) is 0 Å². The molecule has 4 amide bonds. The molecule has 0 saturated carbocycles. The van der Waals surface area contributed by atoms with Gasteiger partial charge in [-0.05, 0) is 121 Å². The van der Waals surface area contributed by atoms with Gasteiger partial charge < -0.3 is 84.7 Å². The van der Waals surface area contributed by atoms with E-state index in [1.54, 1.807) is 6.08 Å². The first-order valence-corrected chi connectivity index (χ1v) is 31.8. The Morgan fingerprint density at radius 1 is 0.951 bits per heavy atom. The summed E-state index contributed by atoms with van der Waals surface area (Å²) < 4.78 is 51.7. The van der Waals surface area contributed by atoms with Crippen LogP contribution in [0.25, 0.3) is 0 Å². The van der Waals surface area contributed by atoms with Crippen LogP contribution in [0.4, 0.5) is 9.59 Å². The van der Waals surface area contributed by atoms with E-state index < -0.39 is 83.5 Å². The van der Waals surface area contributed by atoms with Crippen molar-refractivity contribution in [2.75, 3.05) is 25.4 Å². The number of hydrogen-bond acceptors (Lipinski definition) is 17. The number of carboxylic acid groups (broad SMARTS) is 1. The van der Waals surface area contributed by atoms with E-state index in [9.17, 15) is 44.7 Å². The van der Waals surface area contributed by atoms with Crippen molar-refractivity contribution in [1.29, 1.82) is 0 Å². The van der Waals surface area contributed by atoms with Crippen molar-refractivity contribution in [2.24, 2.45) is 17.8 Å². The maximum atomic E-state index is 13.5. The van der Waals surface area contributed by atoms with Crippen LogP contribution in [0.5, 0.6) is 0 Å². The van der Waals surface area contributed by atoms with Crippen LogP contribution >= 0.6 is 11.8 Å². The molecule has 462 valence electrons. The summed E-state index contributed by atoms with van der Waals surface area (Å²) in [5, 5.41) is 68.3. The highest BCUT2D eigenvalue weighted by Gasteiger charge is 2.62. The highest BCUT2D eigenvalue weighted by molar-refractivity contribution is 8.00. The molecule has 0 bridgehead atoms. The lowest BCUT2D eigenvalue weighted by atomic mass is 9.79. The number of carbonyl (C=O) groups is 4. The van der Waals surface area contributed by atoms with Crippen molar-refractivity contribution in [2.45, 2.75) is 270 Å². The van der Waals surface area contributed by atoms with Gasteiger partial charge in [0.1, 0.15) is 18.3 Å². The van der Waals surface area contributed by atoms with Crippen LogP contribution in [0.2, 0.25) is 0 Å². The number of thioether (sulfide) groups is 1. The summed E-state index contributed by atoms with van der Waals surface area (Å²) in [5.74, 6) is -6.44. The first-order chi connectivity index (χ1) is 39.0. The molecule has 0 aromatic carbocycles. The zero-order valence-electron chi connectivity index (χ0n) is 48.8. The Hall–Kier alpha value is -3.39. The average molecular weight is 1180 g/mol. The Balaban J connectivity index is 0.737. The Kier molecular flexibility index (Phi) is 20.6. The monoisotopic (exact) mass is 1170 g/mol. The molecular weight excluding hydrogens is 1080 g/mol. The van der Waals surface area contributed by atoms with Gasteiger partial charge in [-0.3, -0.25) is 4.79 Å². The van der Waals surface area contributed by atoms with Gasteiger partial charge in [-0.25, -0.2) is 14.4 Å². The van der Waals surface area contributed by atoms with Crippen LogP contribution in [0, 0.1) is 17.8 Å². The van der Waals surface area contributed by atoms with Gasteiger partial charge in [0.05, 0.1) is 55.3 Å². The minimum absolute atomic E-state index is 0.00661. The smallest absolute Gasteiger partial charge is 0.409 e. The molecule has 9 N–H and O–H groups in total. The lowest BCUT2D eigenvalue weighted by Gasteiger charge is -2.52. The molecule has 9 heterocycles. The second-order valence-electron chi connectivity index (χ2n) is 25.6. The molecule has 0 aliphatic carbocycles. The normalized spacial score (nSPS) is 40.1. The number of aliphatic hydroxyl groups excluding tert-OH is 2. The number of nitrogens with one attached hydrogen (secondary N) is 4. The van der Waals surface area contributed by atoms with Crippen LogP contribution in [0.3, 0.4) is 0 Å².